The summed E-state index contributed by atoms with van der Waals surface area (Å²) in [5, 5.41) is 3.19. The normalized spacial score (nSPS) is 16.1. The number of hydrogen-bond acceptors (Lipinski definition) is 6. The van der Waals surface area contributed by atoms with Gasteiger partial charge >= 0.3 is 17.7 Å². The van der Waals surface area contributed by atoms with Crippen LogP contribution >= 0.6 is 0 Å². The Morgan fingerprint density at radius 3 is 2.81 bits per heavy atom. The molecule has 0 spiro atoms. The van der Waals surface area contributed by atoms with Gasteiger partial charge in [-0.15, -0.1) is 0 Å². The highest BCUT2D eigenvalue weighted by atomic mass is 16.5. The molecule has 1 aromatic carbocycles. The van der Waals surface area contributed by atoms with E-state index in [4.69, 9.17) is 13.9 Å². The number of fused-ring (bicyclic) bond motifs is 1. The van der Waals surface area contributed by atoms with E-state index in [1.807, 2.05) is 6.08 Å². The summed E-state index contributed by atoms with van der Waals surface area (Å²) in [5.74, 6) is -0.400. The van der Waals surface area contributed by atoms with Crippen LogP contribution in [0.25, 0.3) is 11.0 Å². The number of amides is 1. The summed E-state index contributed by atoms with van der Waals surface area (Å²) in [7, 11) is 0. The van der Waals surface area contributed by atoms with E-state index < -0.39 is 11.7 Å². The number of hydrogen-bond donors (Lipinski definition) is 1. The Kier molecular flexibility index (Phi) is 5.90. The lowest BCUT2D eigenvalue weighted by Crippen LogP contribution is -2.19. The van der Waals surface area contributed by atoms with Gasteiger partial charge in [-0.2, -0.15) is 0 Å². The van der Waals surface area contributed by atoms with E-state index in [2.05, 4.69) is 11.4 Å². The number of allylic oxidation sites excluding steroid dienone is 2. The number of esters is 1. The van der Waals surface area contributed by atoms with Gasteiger partial charge in [-0.25, -0.2) is 9.59 Å². The van der Waals surface area contributed by atoms with E-state index in [9.17, 15) is 14.4 Å². The lowest BCUT2D eigenvalue weighted by Gasteiger charge is -2.16. The molecule has 0 bridgehead atoms. The fourth-order valence-corrected chi connectivity index (χ4v) is 2.99. The standard InChI is InChI=1S/C20H21NO6/c1-2-25-20(24)21-15-8-9-16-14(10-18(22)27-17(16)11-15)12-26-19(23)13-6-4-3-5-7-13/h3-4,8-11,13H,2,5-7,12H2,1H3,(H,21,24). The number of benzene rings is 1. The van der Waals surface area contributed by atoms with Crippen molar-refractivity contribution < 1.29 is 23.5 Å². The maximum atomic E-state index is 12.2. The molecule has 0 radical (unpaired) electrons. The summed E-state index contributed by atoms with van der Waals surface area (Å²) in [5.41, 5.74) is 0.738. The molecule has 0 saturated carbocycles. The third-order valence-electron chi connectivity index (χ3n) is 4.32. The molecule has 2 aromatic rings. The van der Waals surface area contributed by atoms with Gasteiger partial charge in [0.05, 0.1) is 12.5 Å². The molecule has 1 N–H and O–H groups in total. The Labute approximate surface area is 155 Å². The van der Waals surface area contributed by atoms with Crippen molar-refractivity contribution in [2.75, 3.05) is 11.9 Å². The molecule has 1 aromatic heterocycles. The van der Waals surface area contributed by atoms with Gasteiger partial charge in [0, 0.05) is 28.8 Å². The monoisotopic (exact) mass is 371 g/mol. The van der Waals surface area contributed by atoms with Crippen LogP contribution in [0, 0.1) is 5.92 Å². The van der Waals surface area contributed by atoms with Crippen LogP contribution in [-0.4, -0.2) is 18.7 Å². The zero-order valence-electron chi connectivity index (χ0n) is 15.0. The first-order valence-corrected chi connectivity index (χ1v) is 8.89. The van der Waals surface area contributed by atoms with Crippen molar-refractivity contribution in [3.8, 4) is 0 Å². The van der Waals surface area contributed by atoms with Gasteiger partial charge in [0.1, 0.15) is 12.2 Å². The van der Waals surface area contributed by atoms with Gasteiger partial charge in [0.2, 0.25) is 0 Å². The van der Waals surface area contributed by atoms with Gasteiger partial charge in [-0.1, -0.05) is 12.2 Å². The van der Waals surface area contributed by atoms with E-state index in [0.717, 1.165) is 12.8 Å². The summed E-state index contributed by atoms with van der Waals surface area (Å²) < 4.78 is 15.4. The Balaban J connectivity index is 1.77. The van der Waals surface area contributed by atoms with Crippen molar-refractivity contribution in [2.24, 2.45) is 5.92 Å². The van der Waals surface area contributed by atoms with Crippen molar-refractivity contribution in [3.63, 3.8) is 0 Å². The van der Waals surface area contributed by atoms with Crippen LogP contribution in [0.1, 0.15) is 31.7 Å². The molecular weight excluding hydrogens is 350 g/mol. The summed E-state index contributed by atoms with van der Waals surface area (Å²) >= 11 is 0. The van der Waals surface area contributed by atoms with Crippen LogP contribution < -0.4 is 10.9 Å². The first-order chi connectivity index (χ1) is 13.1. The Morgan fingerprint density at radius 1 is 1.22 bits per heavy atom. The van der Waals surface area contributed by atoms with Crippen molar-refractivity contribution in [1.82, 2.24) is 0 Å². The molecule has 1 heterocycles. The lowest BCUT2D eigenvalue weighted by molar-refractivity contribution is -0.150. The molecule has 0 aliphatic heterocycles. The molecule has 3 rings (SSSR count). The maximum absolute atomic E-state index is 12.2. The molecule has 1 aliphatic carbocycles. The van der Waals surface area contributed by atoms with E-state index >= 15 is 0 Å². The van der Waals surface area contributed by atoms with Crippen molar-refractivity contribution in [3.05, 3.63) is 52.4 Å². The molecule has 1 atom stereocenters. The van der Waals surface area contributed by atoms with Crippen LogP contribution in [-0.2, 0) is 20.9 Å². The van der Waals surface area contributed by atoms with Crippen LogP contribution in [0.2, 0.25) is 0 Å². The van der Waals surface area contributed by atoms with Crippen LogP contribution in [0.4, 0.5) is 10.5 Å². The average molecular weight is 371 g/mol. The highest BCUT2D eigenvalue weighted by Crippen LogP contribution is 2.24. The number of nitrogens with one attached hydrogen (secondary N) is 1. The van der Waals surface area contributed by atoms with Gasteiger partial charge in [0.15, 0.2) is 0 Å². The molecule has 1 aliphatic rings. The molecule has 0 saturated heterocycles. The summed E-state index contributed by atoms with van der Waals surface area (Å²) in [6.45, 7) is 1.95. The Morgan fingerprint density at radius 2 is 2.07 bits per heavy atom. The van der Waals surface area contributed by atoms with Crippen LogP contribution in [0.5, 0.6) is 0 Å². The highest BCUT2D eigenvalue weighted by molar-refractivity contribution is 5.90. The highest BCUT2D eigenvalue weighted by Gasteiger charge is 2.20. The van der Waals surface area contributed by atoms with E-state index in [1.54, 1.807) is 19.1 Å². The second-order valence-corrected chi connectivity index (χ2v) is 6.24. The van der Waals surface area contributed by atoms with Gasteiger partial charge in [-0.05, 0) is 38.3 Å². The predicted molar refractivity (Wildman–Crippen MR) is 99.4 cm³/mol. The molecule has 0 fully saturated rings. The second-order valence-electron chi connectivity index (χ2n) is 6.24. The largest absolute Gasteiger partial charge is 0.461 e. The third kappa shape index (κ3) is 4.75. The van der Waals surface area contributed by atoms with Gasteiger partial charge < -0.3 is 13.9 Å². The quantitative estimate of drug-likeness (QED) is 0.488. The molecule has 7 heteroatoms. The minimum absolute atomic E-state index is 0.00814. The fraction of sp³-hybridized carbons (Fsp3) is 0.350. The van der Waals surface area contributed by atoms with Gasteiger partial charge in [0.25, 0.3) is 0 Å². The van der Waals surface area contributed by atoms with Gasteiger partial charge in [-0.3, -0.25) is 10.1 Å². The maximum Gasteiger partial charge on any atom is 0.411 e. The van der Waals surface area contributed by atoms with Crippen molar-refractivity contribution in [2.45, 2.75) is 32.8 Å². The molecule has 7 nitrogen and oxygen atoms in total. The molecule has 1 amide bonds. The summed E-state index contributed by atoms with van der Waals surface area (Å²) in [6, 6.07) is 6.21. The smallest absolute Gasteiger partial charge is 0.411 e. The number of rotatable bonds is 5. The van der Waals surface area contributed by atoms with Crippen molar-refractivity contribution >= 4 is 28.7 Å². The first kappa shape index (κ1) is 18.7. The fourth-order valence-electron chi connectivity index (χ4n) is 2.99. The van der Waals surface area contributed by atoms with E-state index in [0.29, 0.717) is 28.6 Å². The number of anilines is 1. The molecule has 27 heavy (non-hydrogen) atoms. The molecule has 142 valence electrons. The summed E-state index contributed by atoms with van der Waals surface area (Å²) in [4.78, 5) is 35.6. The average Bonchev–Trinajstić information content (AvgIpc) is 2.66. The van der Waals surface area contributed by atoms with Crippen LogP contribution in [0.3, 0.4) is 0 Å². The van der Waals surface area contributed by atoms with Crippen LogP contribution in [0.15, 0.2) is 45.6 Å². The summed E-state index contributed by atoms with van der Waals surface area (Å²) in [6.07, 6.45) is 5.77. The van der Waals surface area contributed by atoms with E-state index in [1.165, 1.54) is 12.1 Å². The number of ether oxygens (including phenoxy) is 2. The minimum Gasteiger partial charge on any atom is -0.461 e. The lowest BCUT2D eigenvalue weighted by atomic mass is 9.95. The second kappa shape index (κ2) is 8.53. The first-order valence-electron chi connectivity index (χ1n) is 8.89. The zero-order valence-corrected chi connectivity index (χ0v) is 15.0. The minimum atomic E-state index is -0.592. The number of carbonyl (C=O) groups is 2. The zero-order chi connectivity index (χ0) is 19.2. The Bertz CT molecular complexity index is 930. The van der Waals surface area contributed by atoms with E-state index in [-0.39, 0.29) is 25.1 Å². The SMILES string of the molecule is CCOC(=O)Nc1ccc2c(COC(=O)C3CC=CCC3)cc(=O)oc2c1. The number of carbonyl (C=O) groups excluding carboxylic acids is 2. The predicted octanol–water partition coefficient (Wildman–Crippen LogP) is 3.76. The molecule has 1 unspecified atom stereocenters. The topological polar surface area (TPSA) is 94.8 Å². The Hall–Kier alpha value is -3.09. The molecular formula is C20H21NO6. The van der Waals surface area contributed by atoms with Crippen molar-refractivity contribution in [1.29, 1.82) is 0 Å². The third-order valence-corrected chi connectivity index (χ3v) is 4.32.